The molecule has 0 unspecified atom stereocenters. The summed E-state index contributed by atoms with van der Waals surface area (Å²) in [7, 11) is 0. The van der Waals surface area contributed by atoms with Crippen LogP contribution in [0.4, 0.5) is 0 Å². The summed E-state index contributed by atoms with van der Waals surface area (Å²) in [5.41, 5.74) is 0. The maximum Gasteiger partial charge on any atom is 0.0829 e. The number of hydrogen-bond donors (Lipinski definition) is 3. The molecule has 0 aromatic carbocycles. The van der Waals surface area contributed by atoms with E-state index in [9.17, 15) is 5.11 Å². The van der Waals surface area contributed by atoms with Gasteiger partial charge in [-0.15, -0.1) is 0 Å². The fourth-order valence-corrected chi connectivity index (χ4v) is 2.58. The molecule has 1 saturated heterocycles. The topological polar surface area (TPSA) is 44.3 Å². The Morgan fingerprint density at radius 2 is 1.71 bits per heavy atom. The molecule has 3 N–H and O–H groups in total. The summed E-state index contributed by atoms with van der Waals surface area (Å²) in [5, 5.41) is 16.5. The largest absolute Gasteiger partial charge is 0.390 e. The van der Waals surface area contributed by atoms with Crippen LogP contribution in [0.2, 0.25) is 0 Å². The molecule has 0 amide bonds. The molecule has 1 aliphatic carbocycles. The minimum Gasteiger partial charge on any atom is -0.390 e. The summed E-state index contributed by atoms with van der Waals surface area (Å²) in [6.45, 7) is 1.68. The van der Waals surface area contributed by atoms with E-state index in [2.05, 4.69) is 10.6 Å². The van der Waals surface area contributed by atoms with Gasteiger partial charge in [0.1, 0.15) is 0 Å². The Hall–Kier alpha value is -0.120. The SMILES string of the molecule is O[C@@H]1CNC[C@H]1NC1CCCCCC1. The Morgan fingerprint density at radius 1 is 1.00 bits per heavy atom. The molecule has 1 aliphatic heterocycles. The van der Waals surface area contributed by atoms with Crippen LogP contribution in [-0.4, -0.2) is 36.4 Å². The van der Waals surface area contributed by atoms with Crippen LogP contribution in [0.3, 0.4) is 0 Å². The molecule has 2 atom stereocenters. The van der Waals surface area contributed by atoms with E-state index in [4.69, 9.17) is 0 Å². The summed E-state index contributed by atoms with van der Waals surface area (Å²) in [6, 6.07) is 0.940. The second kappa shape index (κ2) is 5.10. The van der Waals surface area contributed by atoms with Gasteiger partial charge < -0.3 is 15.7 Å². The number of hydrogen-bond acceptors (Lipinski definition) is 3. The van der Waals surface area contributed by atoms with E-state index in [1.165, 1.54) is 38.5 Å². The van der Waals surface area contributed by atoms with Crippen molar-refractivity contribution >= 4 is 0 Å². The maximum absolute atomic E-state index is 9.66. The van der Waals surface area contributed by atoms with Crippen LogP contribution in [0.15, 0.2) is 0 Å². The summed E-state index contributed by atoms with van der Waals surface area (Å²) < 4.78 is 0. The van der Waals surface area contributed by atoms with Gasteiger partial charge in [0, 0.05) is 25.2 Å². The van der Waals surface area contributed by atoms with Crippen molar-refractivity contribution in [2.75, 3.05) is 13.1 Å². The minimum absolute atomic E-state index is 0.182. The highest BCUT2D eigenvalue weighted by Crippen LogP contribution is 2.18. The molecule has 0 spiro atoms. The fourth-order valence-electron chi connectivity index (χ4n) is 2.58. The lowest BCUT2D eigenvalue weighted by atomic mass is 10.1. The number of rotatable bonds is 2. The molecule has 2 rings (SSSR count). The molecule has 82 valence electrons. The van der Waals surface area contributed by atoms with Crippen molar-refractivity contribution in [3.8, 4) is 0 Å². The molecule has 14 heavy (non-hydrogen) atoms. The highest BCUT2D eigenvalue weighted by Gasteiger charge is 2.26. The predicted octanol–water partition coefficient (Wildman–Crippen LogP) is 0.631. The van der Waals surface area contributed by atoms with E-state index >= 15 is 0 Å². The standard InChI is InChI=1S/C11H22N2O/c14-11-8-12-7-10(11)13-9-5-3-1-2-4-6-9/h9-14H,1-8H2/t10-,11-/m1/s1. The first kappa shape index (κ1) is 10.4. The first-order valence-corrected chi connectivity index (χ1v) is 6.01. The third-order valence-electron chi connectivity index (χ3n) is 3.49. The molecule has 2 fully saturated rings. The van der Waals surface area contributed by atoms with Crippen LogP contribution in [0.5, 0.6) is 0 Å². The summed E-state index contributed by atoms with van der Waals surface area (Å²) in [4.78, 5) is 0. The number of aliphatic hydroxyl groups excluding tert-OH is 1. The van der Waals surface area contributed by atoms with Crippen molar-refractivity contribution in [3.05, 3.63) is 0 Å². The molecule has 1 heterocycles. The van der Waals surface area contributed by atoms with E-state index in [0.29, 0.717) is 6.04 Å². The van der Waals surface area contributed by atoms with E-state index in [1.807, 2.05) is 0 Å². The Balaban J connectivity index is 1.77. The van der Waals surface area contributed by atoms with Gasteiger partial charge in [0.2, 0.25) is 0 Å². The lowest BCUT2D eigenvalue weighted by molar-refractivity contribution is 0.154. The average Bonchev–Trinajstić information content (AvgIpc) is 2.44. The van der Waals surface area contributed by atoms with Gasteiger partial charge in [-0.25, -0.2) is 0 Å². The molecule has 0 aromatic rings. The van der Waals surface area contributed by atoms with Crippen molar-refractivity contribution in [1.29, 1.82) is 0 Å². The number of nitrogens with one attached hydrogen (secondary N) is 2. The number of β-amino-alcohol motifs (C(OH)–C–C–N with tert-alkyl or cyclic N) is 1. The second-order valence-corrected chi connectivity index (χ2v) is 4.69. The molecule has 2 aliphatic rings. The molecule has 3 heteroatoms. The van der Waals surface area contributed by atoms with E-state index in [-0.39, 0.29) is 12.1 Å². The molecule has 3 nitrogen and oxygen atoms in total. The summed E-state index contributed by atoms with van der Waals surface area (Å²) in [6.07, 6.45) is 7.90. The Bertz CT molecular complexity index is 167. The van der Waals surface area contributed by atoms with Gasteiger partial charge in [-0.1, -0.05) is 25.7 Å². The van der Waals surface area contributed by atoms with Gasteiger partial charge in [0.25, 0.3) is 0 Å². The van der Waals surface area contributed by atoms with Crippen molar-refractivity contribution < 1.29 is 5.11 Å². The smallest absolute Gasteiger partial charge is 0.0829 e. The highest BCUT2D eigenvalue weighted by atomic mass is 16.3. The van der Waals surface area contributed by atoms with E-state index < -0.39 is 0 Å². The maximum atomic E-state index is 9.66. The molecular weight excluding hydrogens is 176 g/mol. The van der Waals surface area contributed by atoms with Gasteiger partial charge in [0.05, 0.1) is 6.10 Å². The van der Waals surface area contributed by atoms with Crippen molar-refractivity contribution in [2.24, 2.45) is 0 Å². The Morgan fingerprint density at radius 3 is 2.29 bits per heavy atom. The first-order chi connectivity index (χ1) is 6.86. The summed E-state index contributed by atoms with van der Waals surface area (Å²) >= 11 is 0. The zero-order chi connectivity index (χ0) is 9.80. The summed E-state index contributed by atoms with van der Waals surface area (Å²) in [5.74, 6) is 0. The second-order valence-electron chi connectivity index (χ2n) is 4.69. The van der Waals surface area contributed by atoms with Crippen LogP contribution in [-0.2, 0) is 0 Å². The van der Waals surface area contributed by atoms with Gasteiger partial charge in [0.15, 0.2) is 0 Å². The normalized spacial score (nSPS) is 35.8. The fraction of sp³-hybridized carbons (Fsp3) is 1.00. The van der Waals surface area contributed by atoms with Gasteiger partial charge in [-0.3, -0.25) is 0 Å². The van der Waals surface area contributed by atoms with Crippen LogP contribution >= 0.6 is 0 Å². The van der Waals surface area contributed by atoms with Crippen LogP contribution in [0.1, 0.15) is 38.5 Å². The predicted molar refractivity (Wildman–Crippen MR) is 57.3 cm³/mol. The van der Waals surface area contributed by atoms with Crippen molar-refractivity contribution in [3.63, 3.8) is 0 Å². The zero-order valence-electron chi connectivity index (χ0n) is 8.84. The molecular formula is C11H22N2O. The van der Waals surface area contributed by atoms with Gasteiger partial charge in [-0.2, -0.15) is 0 Å². The van der Waals surface area contributed by atoms with Crippen molar-refractivity contribution in [2.45, 2.75) is 56.7 Å². The first-order valence-electron chi connectivity index (χ1n) is 6.01. The lowest BCUT2D eigenvalue weighted by Crippen LogP contribution is -2.44. The number of aliphatic hydroxyl groups is 1. The van der Waals surface area contributed by atoms with E-state index in [1.54, 1.807) is 0 Å². The third kappa shape index (κ3) is 2.69. The minimum atomic E-state index is -0.182. The molecule has 0 aromatic heterocycles. The molecule has 0 radical (unpaired) electrons. The average molecular weight is 198 g/mol. The highest BCUT2D eigenvalue weighted by molar-refractivity contribution is 4.89. The van der Waals surface area contributed by atoms with Crippen LogP contribution in [0.25, 0.3) is 0 Å². The quantitative estimate of drug-likeness (QED) is 0.570. The third-order valence-corrected chi connectivity index (χ3v) is 3.49. The monoisotopic (exact) mass is 198 g/mol. The van der Waals surface area contributed by atoms with Crippen molar-refractivity contribution in [1.82, 2.24) is 10.6 Å². The molecule has 0 bridgehead atoms. The van der Waals surface area contributed by atoms with E-state index in [0.717, 1.165) is 13.1 Å². The van der Waals surface area contributed by atoms with Gasteiger partial charge >= 0.3 is 0 Å². The van der Waals surface area contributed by atoms with Crippen LogP contribution < -0.4 is 10.6 Å². The zero-order valence-corrected chi connectivity index (χ0v) is 8.84. The Kier molecular flexibility index (Phi) is 3.79. The lowest BCUT2D eigenvalue weighted by Gasteiger charge is -2.23. The van der Waals surface area contributed by atoms with Gasteiger partial charge in [-0.05, 0) is 12.8 Å². The van der Waals surface area contributed by atoms with Crippen LogP contribution in [0, 0.1) is 0 Å². The Labute approximate surface area is 86.3 Å². The molecule has 1 saturated carbocycles.